The summed E-state index contributed by atoms with van der Waals surface area (Å²) in [5.74, 6) is -0.221. The van der Waals surface area contributed by atoms with Crippen molar-refractivity contribution in [3.05, 3.63) is 48.5 Å². The van der Waals surface area contributed by atoms with Crippen LogP contribution in [0.1, 0.15) is 11.7 Å². The number of ether oxygens (including phenoxy) is 2. The van der Waals surface area contributed by atoms with Gasteiger partial charge in [0, 0.05) is 12.3 Å². The first-order valence-electron chi connectivity index (χ1n) is 8.06. The maximum absolute atomic E-state index is 11.9. The molecule has 0 aliphatic rings. The van der Waals surface area contributed by atoms with Gasteiger partial charge in [-0.3, -0.25) is 9.59 Å². The first-order chi connectivity index (χ1) is 13.0. The van der Waals surface area contributed by atoms with Crippen LogP contribution in [-0.4, -0.2) is 35.2 Å². The van der Waals surface area contributed by atoms with Crippen LogP contribution in [0.25, 0.3) is 10.9 Å². The van der Waals surface area contributed by atoms with Crippen molar-refractivity contribution in [3.8, 4) is 17.4 Å². The zero-order chi connectivity index (χ0) is 19.4. The maximum atomic E-state index is 11.9. The molecule has 3 aromatic rings. The Kier molecular flexibility index (Phi) is 5.16. The standard InChI is InChI=1S/C19H17N3O5/c1-12(23)22-16-6-4-3-5-15(16)18(19(22)25)21-20-17(24)11-27-14-9-7-13(26-2)8-10-14/h3-10,25H,11H2,1-2H3. The monoisotopic (exact) mass is 367 g/mol. The summed E-state index contributed by atoms with van der Waals surface area (Å²) in [6.07, 6.45) is 0. The van der Waals surface area contributed by atoms with E-state index in [2.05, 4.69) is 10.2 Å². The smallest absolute Gasteiger partial charge is 0.302 e. The highest BCUT2D eigenvalue weighted by Crippen LogP contribution is 2.38. The van der Waals surface area contributed by atoms with E-state index in [1.54, 1.807) is 55.6 Å². The summed E-state index contributed by atoms with van der Waals surface area (Å²) in [6.45, 7) is 1.00. The van der Waals surface area contributed by atoms with Crippen molar-refractivity contribution >= 4 is 28.4 Å². The number of methoxy groups -OCH3 is 1. The summed E-state index contributed by atoms with van der Waals surface area (Å²) in [5.41, 5.74) is 0.539. The minimum atomic E-state index is -0.634. The van der Waals surface area contributed by atoms with Gasteiger partial charge >= 0.3 is 5.91 Å². The predicted molar refractivity (Wildman–Crippen MR) is 97.9 cm³/mol. The molecule has 8 heteroatoms. The molecule has 0 aliphatic heterocycles. The summed E-state index contributed by atoms with van der Waals surface area (Å²) >= 11 is 0. The quantitative estimate of drug-likeness (QED) is 0.693. The van der Waals surface area contributed by atoms with Gasteiger partial charge in [-0.05, 0) is 30.3 Å². The Hall–Kier alpha value is -3.68. The number of fused-ring (bicyclic) bond motifs is 1. The van der Waals surface area contributed by atoms with E-state index in [-0.39, 0.29) is 24.1 Å². The number of aromatic hydroxyl groups is 1. The molecule has 0 spiro atoms. The van der Waals surface area contributed by atoms with E-state index < -0.39 is 5.91 Å². The van der Waals surface area contributed by atoms with E-state index in [4.69, 9.17) is 9.47 Å². The van der Waals surface area contributed by atoms with Gasteiger partial charge in [-0.25, -0.2) is 4.57 Å². The molecule has 8 nitrogen and oxygen atoms in total. The molecule has 0 aliphatic carbocycles. The second-order valence-corrected chi connectivity index (χ2v) is 5.60. The first-order valence-corrected chi connectivity index (χ1v) is 8.06. The zero-order valence-electron chi connectivity index (χ0n) is 14.7. The molecule has 1 aromatic heterocycles. The number of carbonyl (C=O) groups is 2. The van der Waals surface area contributed by atoms with Gasteiger partial charge in [-0.1, -0.05) is 18.2 Å². The predicted octanol–water partition coefficient (Wildman–Crippen LogP) is 3.70. The Balaban J connectivity index is 1.76. The fourth-order valence-corrected chi connectivity index (χ4v) is 2.58. The van der Waals surface area contributed by atoms with Crippen LogP contribution in [0.4, 0.5) is 5.69 Å². The molecule has 0 fully saturated rings. The molecule has 27 heavy (non-hydrogen) atoms. The van der Waals surface area contributed by atoms with E-state index in [0.717, 1.165) is 4.57 Å². The van der Waals surface area contributed by atoms with E-state index in [0.29, 0.717) is 22.4 Å². The van der Waals surface area contributed by atoms with Gasteiger partial charge in [-0.15, -0.1) is 10.2 Å². The van der Waals surface area contributed by atoms with Crippen LogP contribution in [0.5, 0.6) is 17.4 Å². The third-order valence-electron chi connectivity index (χ3n) is 3.82. The number of azo groups is 1. The molecule has 0 unspecified atom stereocenters. The van der Waals surface area contributed by atoms with Crippen LogP contribution in [0, 0.1) is 0 Å². The molecule has 0 saturated heterocycles. The van der Waals surface area contributed by atoms with Crippen molar-refractivity contribution in [1.29, 1.82) is 0 Å². The van der Waals surface area contributed by atoms with Gasteiger partial charge in [0.15, 0.2) is 12.3 Å². The fourth-order valence-electron chi connectivity index (χ4n) is 2.58. The number of aromatic nitrogens is 1. The van der Waals surface area contributed by atoms with E-state index in [1.165, 1.54) is 6.92 Å². The second kappa shape index (κ2) is 7.69. The second-order valence-electron chi connectivity index (χ2n) is 5.60. The molecule has 2 aromatic carbocycles. The van der Waals surface area contributed by atoms with Gasteiger partial charge < -0.3 is 14.6 Å². The number of amides is 1. The summed E-state index contributed by atoms with van der Waals surface area (Å²) in [7, 11) is 1.55. The number of benzene rings is 2. The van der Waals surface area contributed by atoms with Gasteiger partial charge in [0.1, 0.15) is 11.5 Å². The molecule has 0 radical (unpaired) electrons. The Morgan fingerprint density at radius 1 is 1.07 bits per heavy atom. The molecule has 0 atom stereocenters. The Labute approximate surface area is 154 Å². The molecule has 138 valence electrons. The largest absolute Gasteiger partial charge is 0.497 e. The van der Waals surface area contributed by atoms with Gasteiger partial charge in [-0.2, -0.15) is 0 Å². The lowest BCUT2D eigenvalue weighted by molar-refractivity contribution is -0.120. The molecular weight excluding hydrogens is 350 g/mol. The van der Waals surface area contributed by atoms with Gasteiger partial charge in [0.25, 0.3) is 0 Å². The molecule has 3 rings (SSSR count). The van der Waals surface area contributed by atoms with Crippen molar-refractivity contribution in [1.82, 2.24) is 4.57 Å². The Bertz CT molecular complexity index is 1020. The lowest BCUT2D eigenvalue weighted by Gasteiger charge is -2.04. The molecule has 1 N–H and O–H groups in total. The van der Waals surface area contributed by atoms with Crippen molar-refractivity contribution < 1.29 is 24.2 Å². The number of hydrogen-bond donors (Lipinski definition) is 1. The molecule has 0 bridgehead atoms. The van der Waals surface area contributed by atoms with E-state index >= 15 is 0 Å². The minimum absolute atomic E-state index is 0.0543. The summed E-state index contributed by atoms with van der Waals surface area (Å²) < 4.78 is 11.5. The Morgan fingerprint density at radius 2 is 1.74 bits per heavy atom. The highest BCUT2D eigenvalue weighted by Gasteiger charge is 2.19. The SMILES string of the molecule is COc1ccc(OCC(=O)N=Nc2c(O)n(C(C)=O)c3ccccc23)cc1. The summed E-state index contributed by atoms with van der Waals surface area (Å²) in [4.78, 5) is 23.7. The van der Waals surface area contributed by atoms with Crippen LogP contribution in [-0.2, 0) is 4.79 Å². The highest BCUT2D eigenvalue weighted by atomic mass is 16.5. The average molecular weight is 367 g/mol. The van der Waals surface area contributed by atoms with Crippen LogP contribution < -0.4 is 9.47 Å². The van der Waals surface area contributed by atoms with Crippen molar-refractivity contribution in [2.75, 3.05) is 13.7 Å². The van der Waals surface area contributed by atoms with Crippen molar-refractivity contribution in [3.63, 3.8) is 0 Å². The van der Waals surface area contributed by atoms with E-state index in [9.17, 15) is 14.7 Å². The van der Waals surface area contributed by atoms with Crippen molar-refractivity contribution in [2.45, 2.75) is 6.92 Å². The third-order valence-corrected chi connectivity index (χ3v) is 3.82. The highest BCUT2D eigenvalue weighted by molar-refractivity contribution is 6.02. The lowest BCUT2D eigenvalue weighted by atomic mass is 10.2. The Morgan fingerprint density at radius 3 is 2.41 bits per heavy atom. The summed E-state index contributed by atoms with van der Waals surface area (Å²) in [5, 5.41) is 18.2. The normalized spacial score (nSPS) is 11.0. The number of hydrogen-bond acceptors (Lipinski definition) is 6. The van der Waals surface area contributed by atoms with E-state index in [1.807, 2.05) is 0 Å². The van der Waals surface area contributed by atoms with Crippen LogP contribution in [0.3, 0.4) is 0 Å². The van der Waals surface area contributed by atoms with Gasteiger partial charge in [0.2, 0.25) is 11.8 Å². The average Bonchev–Trinajstić information content (AvgIpc) is 2.96. The number of nitrogens with zero attached hydrogens (tertiary/aromatic N) is 3. The molecule has 0 saturated carbocycles. The fraction of sp³-hybridized carbons (Fsp3) is 0.158. The molecular formula is C19H17N3O5. The van der Waals surface area contributed by atoms with Crippen LogP contribution in [0.2, 0.25) is 0 Å². The molecule has 1 heterocycles. The zero-order valence-corrected chi connectivity index (χ0v) is 14.7. The third kappa shape index (κ3) is 3.79. The lowest BCUT2D eigenvalue weighted by Crippen LogP contribution is -2.07. The number of para-hydroxylation sites is 1. The number of carbonyl (C=O) groups excluding carboxylic acids is 2. The minimum Gasteiger partial charge on any atom is -0.497 e. The van der Waals surface area contributed by atoms with Crippen molar-refractivity contribution in [2.24, 2.45) is 10.2 Å². The van der Waals surface area contributed by atoms with Crippen LogP contribution in [0.15, 0.2) is 58.8 Å². The van der Waals surface area contributed by atoms with Gasteiger partial charge in [0.05, 0.1) is 12.6 Å². The topological polar surface area (TPSA) is 102 Å². The van der Waals surface area contributed by atoms with Crippen LogP contribution >= 0.6 is 0 Å². The summed E-state index contributed by atoms with van der Waals surface area (Å²) in [6, 6.07) is 13.6. The number of rotatable bonds is 5. The molecule has 1 amide bonds. The maximum Gasteiger partial charge on any atom is 0.302 e. The first kappa shape index (κ1) is 18.1.